The molecule has 0 unspecified atom stereocenters. The van der Waals surface area contributed by atoms with E-state index in [0.29, 0.717) is 11.3 Å². The molecule has 0 aliphatic carbocycles. The maximum atomic E-state index is 3.68. The highest BCUT2D eigenvalue weighted by Crippen LogP contribution is 2.31. The lowest BCUT2D eigenvalue weighted by Crippen LogP contribution is -2.37. The van der Waals surface area contributed by atoms with Gasteiger partial charge in [-0.15, -0.1) is 0 Å². The minimum absolute atomic E-state index is 0.397. The molecule has 1 N–H and O–H groups in total. The molecule has 0 saturated heterocycles. The molecule has 120 valence electrons. The lowest BCUT2D eigenvalue weighted by molar-refractivity contribution is 0.243. The molecule has 0 atom stereocenters. The molecule has 21 heavy (non-hydrogen) atoms. The Hall–Kier alpha value is -0.820. The Kier molecular flexibility index (Phi) is 7.45. The van der Waals surface area contributed by atoms with Crippen molar-refractivity contribution in [3.63, 3.8) is 0 Å². The smallest absolute Gasteiger partial charge is 0.00109 e. The Balaban J connectivity index is 2.72. The molecule has 1 heteroatoms. The Labute approximate surface area is 132 Å². The van der Waals surface area contributed by atoms with E-state index in [-0.39, 0.29) is 0 Å². The molecular weight excluding hydrogens is 254 g/mol. The van der Waals surface area contributed by atoms with Gasteiger partial charge in [0.15, 0.2) is 0 Å². The summed E-state index contributed by atoms with van der Waals surface area (Å²) in [5, 5.41) is 3.68. The van der Waals surface area contributed by atoms with Crippen molar-refractivity contribution in [3.8, 4) is 0 Å². The van der Waals surface area contributed by atoms with E-state index in [9.17, 15) is 0 Å². The van der Waals surface area contributed by atoms with Crippen LogP contribution in [0.25, 0.3) is 0 Å². The molecule has 0 spiro atoms. The molecule has 0 fully saturated rings. The van der Waals surface area contributed by atoms with Crippen LogP contribution in [-0.2, 0) is 6.42 Å². The van der Waals surface area contributed by atoms with Crippen molar-refractivity contribution in [2.24, 2.45) is 11.3 Å². The second kappa shape index (κ2) is 8.58. The van der Waals surface area contributed by atoms with E-state index in [2.05, 4.69) is 71.1 Å². The van der Waals surface area contributed by atoms with Gasteiger partial charge in [0.05, 0.1) is 0 Å². The minimum Gasteiger partial charge on any atom is -0.316 e. The molecule has 0 aliphatic heterocycles. The fourth-order valence-corrected chi connectivity index (χ4v) is 2.89. The van der Waals surface area contributed by atoms with Gasteiger partial charge in [-0.2, -0.15) is 0 Å². The zero-order valence-electron chi connectivity index (χ0n) is 15.0. The highest BCUT2D eigenvalue weighted by molar-refractivity contribution is 5.25. The summed E-state index contributed by atoms with van der Waals surface area (Å²) in [5.74, 6) is 1.34. The highest BCUT2D eigenvalue weighted by Gasteiger charge is 2.26. The van der Waals surface area contributed by atoms with Gasteiger partial charge < -0.3 is 5.32 Å². The summed E-state index contributed by atoms with van der Waals surface area (Å²) in [7, 11) is 0. The molecule has 1 aromatic rings. The van der Waals surface area contributed by atoms with Crippen molar-refractivity contribution < 1.29 is 0 Å². The van der Waals surface area contributed by atoms with Crippen LogP contribution in [0.5, 0.6) is 0 Å². The Morgan fingerprint density at radius 3 is 1.95 bits per heavy atom. The molecule has 0 radical (unpaired) electrons. The van der Waals surface area contributed by atoms with Crippen molar-refractivity contribution in [2.45, 2.75) is 66.7 Å². The third kappa shape index (κ3) is 5.82. The molecule has 1 nitrogen and oxygen atoms in total. The van der Waals surface area contributed by atoms with Crippen LogP contribution in [0, 0.1) is 11.3 Å². The third-order valence-corrected chi connectivity index (χ3v) is 4.78. The first kappa shape index (κ1) is 18.2. The van der Waals surface area contributed by atoms with Crippen LogP contribution in [0.1, 0.15) is 71.4 Å². The van der Waals surface area contributed by atoms with Crippen molar-refractivity contribution in [2.75, 3.05) is 13.1 Å². The maximum Gasteiger partial charge on any atom is 0.00109 e. The molecule has 0 saturated carbocycles. The molecule has 1 rings (SSSR count). The molecular formula is C20H35N. The maximum absolute atomic E-state index is 3.68. The van der Waals surface area contributed by atoms with Crippen LogP contribution in [0.2, 0.25) is 0 Å². The van der Waals surface area contributed by atoms with Crippen LogP contribution in [0.3, 0.4) is 0 Å². The quantitative estimate of drug-likeness (QED) is 0.641. The zero-order valence-corrected chi connectivity index (χ0v) is 15.0. The first-order chi connectivity index (χ1) is 9.92. The second-order valence-electron chi connectivity index (χ2n) is 7.30. The first-order valence-corrected chi connectivity index (χ1v) is 8.72. The highest BCUT2D eigenvalue weighted by atomic mass is 14.9. The molecule has 0 aliphatic rings. The van der Waals surface area contributed by atoms with Crippen molar-refractivity contribution in [1.82, 2.24) is 5.32 Å². The van der Waals surface area contributed by atoms with Gasteiger partial charge in [-0.05, 0) is 54.2 Å². The summed E-state index contributed by atoms with van der Waals surface area (Å²) >= 11 is 0. The van der Waals surface area contributed by atoms with E-state index in [4.69, 9.17) is 0 Å². The molecule has 0 amide bonds. The predicted molar refractivity (Wildman–Crippen MR) is 95.0 cm³/mol. The number of rotatable bonds is 9. The largest absolute Gasteiger partial charge is 0.316 e. The van der Waals surface area contributed by atoms with Crippen LogP contribution in [-0.4, -0.2) is 13.1 Å². The minimum atomic E-state index is 0.397. The average molecular weight is 290 g/mol. The van der Waals surface area contributed by atoms with E-state index in [1.54, 1.807) is 0 Å². The summed E-state index contributed by atoms with van der Waals surface area (Å²) in [4.78, 5) is 0. The fraction of sp³-hybridized carbons (Fsp3) is 0.700. The molecule has 0 bridgehead atoms. The normalized spacial score (nSPS) is 12.4. The van der Waals surface area contributed by atoms with Gasteiger partial charge in [-0.1, -0.05) is 65.8 Å². The van der Waals surface area contributed by atoms with Gasteiger partial charge >= 0.3 is 0 Å². The summed E-state index contributed by atoms with van der Waals surface area (Å²) in [6, 6.07) is 9.27. The van der Waals surface area contributed by atoms with E-state index < -0.39 is 0 Å². The second-order valence-corrected chi connectivity index (χ2v) is 7.30. The third-order valence-electron chi connectivity index (χ3n) is 4.78. The van der Waals surface area contributed by atoms with E-state index in [0.717, 1.165) is 19.0 Å². The molecule has 1 aromatic carbocycles. The van der Waals surface area contributed by atoms with E-state index in [1.165, 1.54) is 30.4 Å². The van der Waals surface area contributed by atoms with E-state index >= 15 is 0 Å². The topological polar surface area (TPSA) is 12.0 Å². The van der Waals surface area contributed by atoms with Crippen molar-refractivity contribution >= 4 is 0 Å². The van der Waals surface area contributed by atoms with Gasteiger partial charge in [0, 0.05) is 6.54 Å². The molecule has 0 aromatic heterocycles. The number of benzene rings is 1. The van der Waals surface area contributed by atoms with Gasteiger partial charge in [-0.3, -0.25) is 0 Å². The Morgan fingerprint density at radius 2 is 1.52 bits per heavy atom. The SMILES string of the molecule is CCC(CC)(CNCC(C)C)Cc1ccc(C(C)C)cc1. The number of hydrogen-bond acceptors (Lipinski definition) is 1. The fourth-order valence-electron chi connectivity index (χ4n) is 2.89. The lowest BCUT2D eigenvalue weighted by Gasteiger charge is -2.33. The summed E-state index contributed by atoms with van der Waals surface area (Å²) in [5.41, 5.74) is 3.32. The lowest BCUT2D eigenvalue weighted by atomic mass is 9.76. The van der Waals surface area contributed by atoms with Crippen LogP contribution in [0.15, 0.2) is 24.3 Å². The van der Waals surface area contributed by atoms with Crippen molar-refractivity contribution in [3.05, 3.63) is 35.4 Å². The summed E-state index contributed by atoms with van der Waals surface area (Å²) < 4.78 is 0. The summed E-state index contributed by atoms with van der Waals surface area (Å²) in [6.07, 6.45) is 3.66. The van der Waals surface area contributed by atoms with E-state index in [1.807, 2.05) is 0 Å². The van der Waals surface area contributed by atoms with Gasteiger partial charge in [0.25, 0.3) is 0 Å². The average Bonchev–Trinajstić information content (AvgIpc) is 2.46. The predicted octanol–water partition coefficient (Wildman–Crippen LogP) is 5.40. The summed E-state index contributed by atoms with van der Waals surface area (Å²) in [6.45, 7) is 16.0. The first-order valence-electron chi connectivity index (χ1n) is 8.72. The Morgan fingerprint density at radius 1 is 0.952 bits per heavy atom. The van der Waals surface area contributed by atoms with Gasteiger partial charge in [-0.25, -0.2) is 0 Å². The van der Waals surface area contributed by atoms with Gasteiger partial charge in [0.2, 0.25) is 0 Å². The van der Waals surface area contributed by atoms with Crippen LogP contribution in [0.4, 0.5) is 0 Å². The zero-order chi connectivity index (χ0) is 15.9. The number of nitrogens with one attached hydrogen (secondary N) is 1. The van der Waals surface area contributed by atoms with Crippen LogP contribution < -0.4 is 5.32 Å². The number of hydrogen-bond donors (Lipinski definition) is 1. The van der Waals surface area contributed by atoms with Crippen LogP contribution >= 0.6 is 0 Å². The molecule has 0 heterocycles. The standard InChI is InChI=1S/C20H35N/c1-7-20(8-2,15-21-14-16(3)4)13-18-9-11-19(12-10-18)17(5)6/h9-12,16-17,21H,7-8,13-15H2,1-6H3. The Bertz CT molecular complexity index is 385. The van der Waals surface area contributed by atoms with Gasteiger partial charge in [0.1, 0.15) is 0 Å². The van der Waals surface area contributed by atoms with Crippen molar-refractivity contribution in [1.29, 1.82) is 0 Å². The monoisotopic (exact) mass is 289 g/mol.